The van der Waals surface area contributed by atoms with Gasteiger partial charge in [0.05, 0.1) is 11.6 Å². The Labute approximate surface area is 111 Å². The van der Waals surface area contributed by atoms with Crippen LogP contribution in [0.3, 0.4) is 0 Å². The van der Waals surface area contributed by atoms with Crippen molar-refractivity contribution in [2.45, 2.75) is 25.0 Å². The molecule has 5 heteroatoms. The summed E-state index contributed by atoms with van der Waals surface area (Å²) < 4.78 is 18.8. The summed E-state index contributed by atoms with van der Waals surface area (Å²) in [6.45, 7) is 3.71. The molecule has 0 aromatic heterocycles. The second kappa shape index (κ2) is 4.58. The maximum absolute atomic E-state index is 13.0. The van der Waals surface area contributed by atoms with Crippen molar-refractivity contribution in [1.82, 2.24) is 5.32 Å². The summed E-state index contributed by atoms with van der Waals surface area (Å²) >= 11 is 0. The number of hydrogen-bond donors (Lipinski definition) is 1. The summed E-state index contributed by atoms with van der Waals surface area (Å²) in [5.74, 6) is -0.369. The number of nitrogens with zero attached hydrogens (tertiary/aromatic N) is 1. The number of benzene rings is 1. The van der Waals surface area contributed by atoms with E-state index in [1.165, 1.54) is 12.1 Å². The number of carbonyl (C=O) groups is 1. The van der Waals surface area contributed by atoms with Crippen molar-refractivity contribution in [2.24, 2.45) is 0 Å². The molecular formula is C14H17FN2O2. The van der Waals surface area contributed by atoms with Crippen LogP contribution < -0.4 is 10.2 Å². The lowest BCUT2D eigenvalue weighted by atomic mass is 9.86. The number of piperidine rings is 1. The van der Waals surface area contributed by atoms with E-state index in [2.05, 4.69) is 5.32 Å². The van der Waals surface area contributed by atoms with E-state index in [0.717, 1.165) is 18.7 Å². The van der Waals surface area contributed by atoms with E-state index in [1.807, 2.05) is 6.92 Å². The quantitative estimate of drug-likeness (QED) is 0.831. The molecule has 1 N–H and O–H groups in total. The fourth-order valence-corrected chi connectivity index (χ4v) is 2.89. The van der Waals surface area contributed by atoms with Gasteiger partial charge in [-0.1, -0.05) is 0 Å². The van der Waals surface area contributed by atoms with Crippen LogP contribution in [0.25, 0.3) is 0 Å². The molecule has 2 heterocycles. The summed E-state index contributed by atoms with van der Waals surface area (Å²) in [7, 11) is 0. The summed E-state index contributed by atoms with van der Waals surface area (Å²) in [5, 5.41) is 3.29. The van der Waals surface area contributed by atoms with E-state index in [-0.39, 0.29) is 30.0 Å². The molecule has 0 saturated carbocycles. The summed E-state index contributed by atoms with van der Waals surface area (Å²) in [5.41, 5.74) is 0.405. The number of ether oxygens (including phenoxy) is 1. The van der Waals surface area contributed by atoms with E-state index in [4.69, 9.17) is 4.74 Å². The molecule has 102 valence electrons. The molecule has 19 heavy (non-hydrogen) atoms. The van der Waals surface area contributed by atoms with Gasteiger partial charge >= 0.3 is 0 Å². The molecule has 0 radical (unpaired) electrons. The SMILES string of the molecule is C[C@@]12CCNC[C@H]1N(c1ccc(F)cc1)C(=O)CO2. The van der Waals surface area contributed by atoms with Crippen molar-refractivity contribution < 1.29 is 13.9 Å². The van der Waals surface area contributed by atoms with Crippen LogP contribution in [0.4, 0.5) is 10.1 Å². The van der Waals surface area contributed by atoms with E-state index in [0.29, 0.717) is 6.54 Å². The van der Waals surface area contributed by atoms with E-state index >= 15 is 0 Å². The van der Waals surface area contributed by atoms with Gasteiger partial charge in [-0.2, -0.15) is 0 Å². The van der Waals surface area contributed by atoms with Crippen LogP contribution in [-0.4, -0.2) is 37.2 Å². The second-order valence-electron chi connectivity index (χ2n) is 5.31. The first-order valence-corrected chi connectivity index (χ1v) is 6.52. The molecule has 4 nitrogen and oxygen atoms in total. The molecule has 0 spiro atoms. The van der Waals surface area contributed by atoms with Crippen LogP contribution in [0.1, 0.15) is 13.3 Å². The third-order valence-corrected chi connectivity index (χ3v) is 4.05. The van der Waals surface area contributed by atoms with Gasteiger partial charge in [0.15, 0.2) is 0 Å². The topological polar surface area (TPSA) is 41.6 Å². The minimum absolute atomic E-state index is 0.0482. The van der Waals surface area contributed by atoms with Crippen LogP contribution in [0.15, 0.2) is 24.3 Å². The van der Waals surface area contributed by atoms with Gasteiger partial charge < -0.3 is 15.0 Å². The number of carbonyl (C=O) groups excluding carboxylic acids is 1. The smallest absolute Gasteiger partial charge is 0.253 e. The summed E-state index contributed by atoms with van der Waals surface area (Å²) in [6.07, 6.45) is 0.864. The normalized spacial score (nSPS) is 31.2. The number of amides is 1. The molecule has 1 aromatic rings. The maximum Gasteiger partial charge on any atom is 0.253 e. The first kappa shape index (κ1) is 12.6. The van der Waals surface area contributed by atoms with Crippen molar-refractivity contribution in [3.05, 3.63) is 30.1 Å². The molecule has 3 rings (SSSR count). The predicted molar refractivity (Wildman–Crippen MR) is 69.5 cm³/mol. The lowest BCUT2D eigenvalue weighted by Crippen LogP contribution is -2.67. The van der Waals surface area contributed by atoms with E-state index in [1.54, 1.807) is 17.0 Å². The first-order chi connectivity index (χ1) is 9.10. The monoisotopic (exact) mass is 264 g/mol. The largest absolute Gasteiger partial charge is 0.363 e. The Morgan fingerprint density at radius 3 is 2.89 bits per heavy atom. The third kappa shape index (κ3) is 2.13. The highest BCUT2D eigenvalue weighted by Crippen LogP contribution is 2.34. The van der Waals surface area contributed by atoms with Gasteiger partial charge in [0.2, 0.25) is 0 Å². The average Bonchev–Trinajstić information content (AvgIpc) is 2.41. The van der Waals surface area contributed by atoms with Gasteiger partial charge in [-0.3, -0.25) is 4.79 Å². The number of nitrogens with one attached hydrogen (secondary N) is 1. The molecule has 2 aliphatic rings. The minimum atomic E-state index is -0.326. The Kier molecular flexibility index (Phi) is 3.03. The summed E-state index contributed by atoms with van der Waals surface area (Å²) in [6, 6.07) is 6.01. The van der Waals surface area contributed by atoms with E-state index < -0.39 is 0 Å². The molecule has 1 aromatic carbocycles. The van der Waals surface area contributed by atoms with Crippen LogP contribution in [0.5, 0.6) is 0 Å². The van der Waals surface area contributed by atoms with Crippen LogP contribution >= 0.6 is 0 Å². The standard InChI is InChI=1S/C14H17FN2O2/c1-14-6-7-16-8-12(14)17(13(18)9-19-14)11-4-2-10(15)3-5-11/h2-5,12,16H,6-9H2,1H3/t12-,14-/m1/s1. The molecule has 2 aliphatic heterocycles. The maximum atomic E-state index is 13.0. The van der Waals surface area contributed by atoms with Gasteiger partial charge in [0, 0.05) is 12.2 Å². The highest BCUT2D eigenvalue weighted by molar-refractivity contribution is 5.96. The predicted octanol–water partition coefficient (Wildman–Crippen LogP) is 1.31. The molecule has 0 bridgehead atoms. The minimum Gasteiger partial charge on any atom is -0.363 e. The number of rotatable bonds is 1. The highest BCUT2D eigenvalue weighted by atomic mass is 19.1. The van der Waals surface area contributed by atoms with Crippen LogP contribution in [0.2, 0.25) is 0 Å². The van der Waals surface area contributed by atoms with Gasteiger partial charge in [-0.15, -0.1) is 0 Å². The molecule has 2 atom stereocenters. The fraction of sp³-hybridized carbons (Fsp3) is 0.500. The van der Waals surface area contributed by atoms with Crippen molar-refractivity contribution in [1.29, 1.82) is 0 Å². The van der Waals surface area contributed by atoms with Crippen molar-refractivity contribution in [3.63, 3.8) is 0 Å². The Hall–Kier alpha value is -1.46. The second-order valence-corrected chi connectivity index (χ2v) is 5.31. The first-order valence-electron chi connectivity index (χ1n) is 6.52. The number of anilines is 1. The molecule has 0 unspecified atom stereocenters. The zero-order valence-corrected chi connectivity index (χ0v) is 10.9. The molecule has 2 saturated heterocycles. The van der Waals surface area contributed by atoms with Gasteiger partial charge in [-0.05, 0) is 44.2 Å². The number of morpholine rings is 1. The zero-order chi connectivity index (χ0) is 13.5. The lowest BCUT2D eigenvalue weighted by molar-refractivity contribution is -0.145. The average molecular weight is 264 g/mol. The van der Waals surface area contributed by atoms with Crippen molar-refractivity contribution in [3.8, 4) is 0 Å². The Bertz CT molecular complexity index is 491. The molecule has 1 amide bonds. The highest BCUT2D eigenvalue weighted by Gasteiger charge is 2.47. The third-order valence-electron chi connectivity index (χ3n) is 4.05. The Balaban J connectivity index is 1.96. The Morgan fingerprint density at radius 2 is 2.16 bits per heavy atom. The van der Waals surface area contributed by atoms with Crippen LogP contribution in [-0.2, 0) is 9.53 Å². The van der Waals surface area contributed by atoms with Gasteiger partial charge in [0.25, 0.3) is 5.91 Å². The Morgan fingerprint density at radius 1 is 1.42 bits per heavy atom. The van der Waals surface area contributed by atoms with Gasteiger partial charge in [0.1, 0.15) is 12.4 Å². The molecule has 0 aliphatic carbocycles. The van der Waals surface area contributed by atoms with Gasteiger partial charge in [-0.25, -0.2) is 4.39 Å². The zero-order valence-electron chi connectivity index (χ0n) is 10.9. The molecule has 2 fully saturated rings. The van der Waals surface area contributed by atoms with E-state index in [9.17, 15) is 9.18 Å². The molecular weight excluding hydrogens is 247 g/mol. The van der Waals surface area contributed by atoms with Crippen molar-refractivity contribution >= 4 is 11.6 Å². The summed E-state index contributed by atoms with van der Waals surface area (Å²) in [4.78, 5) is 13.9. The lowest BCUT2D eigenvalue weighted by Gasteiger charge is -2.50. The van der Waals surface area contributed by atoms with Crippen molar-refractivity contribution in [2.75, 3.05) is 24.6 Å². The fourth-order valence-electron chi connectivity index (χ4n) is 2.89. The number of halogens is 1. The number of hydrogen-bond acceptors (Lipinski definition) is 3. The van der Waals surface area contributed by atoms with Crippen LogP contribution in [0, 0.1) is 5.82 Å². The number of fused-ring (bicyclic) bond motifs is 1.